The molecular weight excluding hydrogens is 172 g/mol. The van der Waals surface area contributed by atoms with Crippen molar-refractivity contribution in [3.05, 3.63) is 0 Å². The van der Waals surface area contributed by atoms with Gasteiger partial charge in [0.05, 0.1) is 11.0 Å². The third kappa shape index (κ3) is 14.3. The molecule has 0 spiro atoms. The molecule has 0 aliphatic heterocycles. The van der Waals surface area contributed by atoms with E-state index in [1.54, 1.807) is 41.5 Å². The monoisotopic (exact) mass is 192 g/mol. The van der Waals surface area contributed by atoms with E-state index in [9.17, 15) is 4.79 Å². The summed E-state index contributed by atoms with van der Waals surface area (Å²) in [6, 6.07) is 0. The molecule has 2 N–H and O–H groups in total. The zero-order valence-electron chi connectivity index (χ0n) is 9.21. The summed E-state index contributed by atoms with van der Waals surface area (Å²) in [6.45, 7) is 10.3. The Morgan fingerprint density at radius 2 is 1.23 bits per heavy atom. The van der Waals surface area contributed by atoms with Gasteiger partial charge in [0.2, 0.25) is 0 Å². The first-order valence-electron chi connectivity index (χ1n) is 4.06. The molecule has 0 aromatic carbocycles. The minimum atomic E-state index is -0.757. The topological polar surface area (TPSA) is 66.8 Å². The van der Waals surface area contributed by atoms with Crippen molar-refractivity contribution in [2.45, 2.75) is 47.1 Å². The fourth-order valence-electron chi connectivity index (χ4n) is 0. The van der Waals surface area contributed by atoms with Crippen LogP contribution in [0.5, 0.6) is 0 Å². The number of carboxylic acid groups (broad SMARTS) is 1. The lowest BCUT2D eigenvalue weighted by molar-refractivity contribution is -0.306. The minimum Gasteiger partial charge on any atom is -0.481 e. The minimum absolute atomic E-state index is 0.403. The van der Waals surface area contributed by atoms with E-state index in [0.29, 0.717) is 0 Å². The number of hydrogen-bond donors (Lipinski definition) is 2. The number of hydrogen-bond acceptors (Lipinski definition) is 3. The fourth-order valence-corrected chi connectivity index (χ4v) is 0. The highest BCUT2D eigenvalue weighted by Gasteiger charge is 2.18. The molecule has 0 rings (SSSR count). The Hall–Kier alpha value is -0.610. The summed E-state index contributed by atoms with van der Waals surface area (Å²) in [5.41, 5.74) is -0.986. The Balaban J connectivity index is 0. The van der Waals surface area contributed by atoms with Crippen molar-refractivity contribution < 1.29 is 20.0 Å². The van der Waals surface area contributed by atoms with Gasteiger partial charge in [0.15, 0.2) is 0 Å². The van der Waals surface area contributed by atoms with E-state index in [2.05, 4.69) is 4.89 Å². The van der Waals surface area contributed by atoms with Crippen molar-refractivity contribution in [1.29, 1.82) is 0 Å². The lowest BCUT2D eigenvalue weighted by Gasteiger charge is -2.10. The number of aliphatic carboxylic acids is 1. The molecule has 0 radical (unpaired) electrons. The molecule has 0 bridgehead atoms. The van der Waals surface area contributed by atoms with Crippen LogP contribution in [-0.4, -0.2) is 21.9 Å². The first kappa shape index (κ1) is 14.9. The van der Waals surface area contributed by atoms with Gasteiger partial charge in [-0.3, -0.25) is 10.1 Å². The Morgan fingerprint density at radius 1 is 1.08 bits per heavy atom. The van der Waals surface area contributed by atoms with Crippen molar-refractivity contribution in [2.24, 2.45) is 5.41 Å². The molecule has 0 aliphatic carbocycles. The molecule has 80 valence electrons. The van der Waals surface area contributed by atoms with Crippen LogP contribution < -0.4 is 0 Å². The molecule has 0 aliphatic rings. The van der Waals surface area contributed by atoms with Gasteiger partial charge < -0.3 is 5.11 Å². The second kappa shape index (κ2) is 5.19. The van der Waals surface area contributed by atoms with Crippen molar-refractivity contribution in [2.75, 3.05) is 0 Å². The van der Waals surface area contributed by atoms with Gasteiger partial charge in [-0.05, 0) is 41.5 Å². The van der Waals surface area contributed by atoms with Crippen LogP contribution in [0.25, 0.3) is 0 Å². The van der Waals surface area contributed by atoms with Crippen LogP contribution >= 0.6 is 0 Å². The first-order valence-corrected chi connectivity index (χ1v) is 4.06. The summed E-state index contributed by atoms with van der Waals surface area (Å²) in [5.74, 6) is -0.757. The number of carboxylic acids is 1. The molecule has 0 saturated carbocycles. The maximum atomic E-state index is 10.0. The number of rotatable bonds is 0. The molecule has 0 aromatic heterocycles. The van der Waals surface area contributed by atoms with Crippen LogP contribution in [0.15, 0.2) is 0 Å². The van der Waals surface area contributed by atoms with Gasteiger partial charge in [-0.1, -0.05) is 0 Å². The third-order valence-corrected chi connectivity index (χ3v) is 0.915. The molecule has 13 heavy (non-hydrogen) atoms. The molecule has 0 aromatic rings. The maximum absolute atomic E-state index is 10.0. The SMILES string of the molecule is CC(C)(C)C(=O)O.CC(C)(C)OO. The van der Waals surface area contributed by atoms with Crippen molar-refractivity contribution >= 4 is 5.97 Å². The van der Waals surface area contributed by atoms with Gasteiger partial charge >= 0.3 is 5.97 Å². The molecule has 0 fully saturated rings. The second-order valence-electron chi connectivity index (χ2n) is 4.76. The van der Waals surface area contributed by atoms with Gasteiger partial charge in [-0.15, -0.1) is 0 Å². The highest BCUT2D eigenvalue weighted by molar-refractivity contribution is 5.72. The summed E-state index contributed by atoms with van der Waals surface area (Å²) in [4.78, 5) is 14.0. The maximum Gasteiger partial charge on any atom is 0.308 e. The molecule has 0 atom stereocenters. The summed E-state index contributed by atoms with van der Waals surface area (Å²) >= 11 is 0. The van der Waals surface area contributed by atoms with Gasteiger partial charge in [-0.2, -0.15) is 0 Å². The van der Waals surface area contributed by atoms with Crippen LogP contribution in [0, 0.1) is 5.41 Å². The molecular formula is C9H20O4. The van der Waals surface area contributed by atoms with Gasteiger partial charge in [0.25, 0.3) is 0 Å². The quantitative estimate of drug-likeness (QED) is 0.457. The van der Waals surface area contributed by atoms with Gasteiger partial charge in [0, 0.05) is 0 Å². The van der Waals surface area contributed by atoms with Crippen LogP contribution in [0.1, 0.15) is 41.5 Å². The Kier molecular flexibility index (Phi) is 5.95. The average Bonchev–Trinajstić information content (AvgIpc) is 1.85. The van der Waals surface area contributed by atoms with Crippen LogP contribution in [-0.2, 0) is 9.68 Å². The predicted octanol–water partition coefficient (Wildman–Crippen LogP) is 2.39. The van der Waals surface area contributed by atoms with E-state index in [4.69, 9.17) is 10.4 Å². The summed E-state index contributed by atoms with van der Waals surface area (Å²) in [7, 11) is 0. The first-order chi connectivity index (χ1) is 5.50. The van der Waals surface area contributed by atoms with Gasteiger partial charge in [-0.25, -0.2) is 4.89 Å². The Morgan fingerprint density at radius 3 is 1.23 bits per heavy atom. The molecule has 0 saturated heterocycles. The zero-order valence-corrected chi connectivity index (χ0v) is 9.21. The average molecular weight is 192 g/mol. The van der Waals surface area contributed by atoms with Crippen molar-refractivity contribution in [3.63, 3.8) is 0 Å². The summed E-state index contributed by atoms with van der Waals surface area (Å²) < 4.78 is 0. The van der Waals surface area contributed by atoms with Crippen LogP contribution in [0.4, 0.5) is 0 Å². The molecule has 4 nitrogen and oxygen atoms in total. The van der Waals surface area contributed by atoms with E-state index in [-0.39, 0.29) is 0 Å². The van der Waals surface area contributed by atoms with E-state index in [1.807, 2.05) is 0 Å². The Labute approximate surface area is 79.5 Å². The molecule has 0 amide bonds. The van der Waals surface area contributed by atoms with Gasteiger partial charge in [0.1, 0.15) is 0 Å². The van der Waals surface area contributed by atoms with Crippen molar-refractivity contribution in [1.82, 2.24) is 0 Å². The second-order valence-corrected chi connectivity index (χ2v) is 4.76. The molecule has 0 unspecified atom stereocenters. The molecule has 4 heteroatoms. The van der Waals surface area contributed by atoms with E-state index in [0.717, 1.165) is 0 Å². The Bertz CT molecular complexity index is 150. The third-order valence-electron chi connectivity index (χ3n) is 0.915. The van der Waals surface area contributed by atoms with Crippen LogP contribution in [0.3, 0.4) is 0 Å². The van der Waals surface area contributed by atoms with E-state index in [1.165, 1.54) is 0 Å². The highest BCUT2D eigenvalue weighted by atomic mass is 17.1. The standard InChI is InChI=1S/C5H10O2.C4H10O2/c1-5(2,3)4(6)7;1-4(2,3)6-5/h1-3H3,(H,6,7);5H,1-3H3. The zero-order chi connectivity index (χ0) is 11.3. The molecule has 0 heterocycles. The highest BCUT2D eigenvalue weighted by Crippen LogP contribution is 2.11. The lowest BCUT2D eigenvalue weighted by atomic mass is 9.98. The number of carbonyl (C=O) groups is 1. The summed E-state index contributed by atoms with van der Waals surface area (Å²) in [5, 5.41) is 16.2. The van der Waals surface area contributed by atoms with E-state index >= 15 is 0 Å². The largest absolute Gasteiger partial charge is 0.481 e. The fraction of sp³-hybridized carbons (Fsp3) is 0.889. The van der Waals surface area contributed by atoms with Crippen LogP contribution in [0.2, 0.25) is 0 Å². The smallest absolute Gasteiger partial charge is 0.308 e. The normalized spacial score (nSPS) is 11.6. The van der Waals surface area contributed by atoms with E-state index < -0.39 is 17.0 Å². The predicted molar refractivity (Wildman–Crippen MR) is 50.6 cm³/mol. The summed E-state index contributed by atoms with van der Waals surface area (Å²) in [6.07, 6.45) is 0. The lowest BCUT2D eigenvalue weighted by Crippen LogP contribution is -2.18. The van der Waals surface area contributed by atoms with Crippen molar-refractivity contribution in [3.8, 4) is 0 Å².